The van der Waals surface area contributed by atoms with Crippen LogP contribution in [0.3, 0.4) is 0 Å². The third-order valence-corrected chi connectivity index (χ3v) is 3.31. The lowest BCUT2D eigenvalue weighted by atomic mass is 9.96. The van der Waals surface area contributed by atoms with Crippen molar-refractivity contribution in [3.05, 3.63) is 59.9 Å². The van der Waals surface area contributed by atoms with Gasteiger partial charge in [-0.25, -0.2) is 4.79 Å². The summed E-state index contributed by atoms with van der Waals surface area (Å²) in [5, 5.41) is 3.25. The molecule has 1 N–H and O–H groups in total. The highest BCUT2D eigenvalue weighted by Gasteiger charge is 2.38. The van der Waals surface area contributed by atoms with Gasteiger partial charge in [0, 0.05) is 11.9 Å². The normalized spacial score (nSPS) is 13.3. The molecule has 1 aromatic carbocycles. The number of nitrogens with one attached hydrogen (secondary N) is 1. The maximum absolute atomic E-state index is 12.4. The molecule has 0 saturated heterocycles. The van der Waals surface area contributed by atoms with Gasteiger partial charge in [-0.15, -0.1) is 0 Å². The topological polar surface area (TPSA) is 51.2 Å². The molecule has 21 heavy (non-hydrogen) atoms. The molecule has 0 spiro atoms. The molecule has 0 bridgehead atoms. The summed E-state index contributed by atoms with van der Waals surface area (Å²) in [5.74, 6) is -0.343. The van der Waals surface area contributed by atoms with Crippen LogP contribution in [0.1, 0.15) is 25.1 Å². The summed E-state index contributed by atoms with van der Waals surface area (Å²) in [5.41, 5.74) is 1.62. The van der Waals surface area contributed by atoms with Crippen molar-refractivity contribution >= 4 is 11.7 Å². The van der Waals surface area contributed by atoms with E-state index in [1.807, 2.05) is 49.4 Å². The van der Waals surface area contributed by atoms with Gasteiger partial charge in [0.05, 0.1) is 12.3 Å². The molecular formula is C17H20N2O2. The number of aromatic nitrogens is 1. The highest BCUT2D eigenvalue weighted by molar-refractivity contribution is 5.85. The Morgan fingerprint density at radius 3 is 2.52 bits per heavy atom. The highest BCUT2D eigenvalue weighted by atomic mass is 16.5. The molecule has 2 rings (SSSR count). The number of esters is 1. The van der Waals surface area contributed by atoms with Crippen molar-refractivity contribution in [1.29, 1.82) is 0 Å². The predicted octanol–water partition coefficient (Wildman–Crippen LogP) is 3.28. The van der Waals surface area contributed by atoms with Crippen LogP contribution in [-0.2, 0) is 15.1 Å². The number of rotatable bonds is 5. The predicted molar refractivity (Wildman–Crippen MR) is 83.0 cm³/mol. The Hall–Kier alpha value is -2.36. The van der Waals surface area contributed by atoms with Crippen LogP contribution in [0.2, 0.25) is 0 Å². The molecule has 2 aromatic rings. The number of ether oxygens (including phenoxy) is 1. The molecule has 0 aliphatic rings. The SMILES string of the molecule is CCOC(=O)C(C)(Nc1ccc(C)cc1)c1ccccn1. The summed E-state index contributed by atoms with van der Waals surface area (Å²) in [6.07, 6.45) is 1.67. The van der Waals surface area contributed by atoms with Crippen molar-refractivity contribution in [1.82, 2.24) is 4.98 Å². The van der Waals surface area contributed by atoms with Gasteiger partial charge in [0.15, 0.2) is 5.54 Å². The lowest BCUT2D eigenvalue weighted by molar-refractivity contribution is -0.148. The van der Waals surface area contributed by atoms with Crippen LogP contribution in [0.5, 0.6) is 0 Å². The van der Waals surface area contributed by atoms with E-state index in [1.165, 1.54) is 0 Å². The Morgan fingerprint density at radius 2 is 1.95 bits per heavy atom. The van der Waals surface area contributed by atoms with Crippen LogP contribution in [0.4, 0.5) is 5.69 Å². The van der Waals surface area contributed by atoms with Gasteiger partial charge in [0.25, 0.3) is 0 Å². The van der Waals surface area contributed by atoms with Crippen molar-refractivity contribution < 1.29 is 9.53 Å². The van der Waals surface area contributed by atoms with Crippen LogP contribution in [-0.4, -0.2) is 17.6 Å². The van der Waals surface area contributed by atoms with Gasteiger partial charge >= 0.3 is 5.97 Å². The zero-order valence-corrected chi connectivity index (χ0v) is 12.6. The molecule has 0 aliphatic carbocycles. The maximum atomic E-state index is 12.4. The summed E-state index contributed by atoms with van der Waals surface area (Å²) in [6, 6.07) is 13.4. The first-order valence-corrected chi connectivity index (χ1v) is 7.00. The van der Waals surface area contributed by atoms with Crippen LogP contribution in [0.25, 0.3) is 0 Å². The van der Waals surface area contributed by atoms with Crippen LogP contribution in [0.15, 0.2) is 48.7 Å². The van der Waals surface area contributed by atoms with E-state index < -0.39 is 5.54 Å². The Labute approximate surface area is 125 Å². The molecule has 0 saturated carbocycles. The number of carbonyl (C=O) groups is 1. The van der Waals surface area contributed by atoms with E-state index in [0.29, 0.717) is 12.3 Å². The lowest BCUT2D eigenvalue weighted by Crippen LogP contribution is -2.42. The van der Waals surface area contributed by atoms with Gasteiger partial charge in [-0.3, -0.25) is 4.98 Å². The fraction of sp³-hybridized carbons (Fsp3) is 0.294. The third kappa shape index (κ3) is 3.40. The van der Waals surface area contributed by atoms with Crippen molar-refractivity contribution in [3.8, 4) is 0 Å². The average molecular weight is 284 g/mol. The summed E-state index contributed by atoms with van der Waals surface area (Å²) < 4.78 is 5.22. The third-order valence-electron chi connectivity index (χ3n) is 3.31. The largest absolute Gasteiger partial charge is 0.464 e. The van der Waals surface area contributed by atoms with Crippen LogP contribution < -0.4 is 5.32 Å². The van der Waals surface area contributed by atoms with E-state index in [4.69, 9.17) is 4.74 Å². The Kier molecular flexibility index (Phi) is 4.58. The smallest absolute Gasteiger partial charge is 0.337 e. The molecule has 4 nitrogen and oxygen atoms in total. The Bertz CT molecular complexity index is 596. The van der Waals surface area contributed by atoms with Gasteiger partial charge in [0.2, 0.25) is 0 Å². The van der Waals surface area contributed by atoms with Crippen molar-refractivity contribution in [2.45, 2.75) is 26.3 Å². The number of carbonyl (C=O) groups excluding carboxylic acids is 1. The molecule has 1 unspecified atom stereocenters. The zero-order chi connectivity index (χ0) is 15.3. The molecule has 0 amide bonds. The lowest BCUT2D eigenvalue weighted by Gasteiger charge is -2.29. The summed E-state index contributed by atoms with van der Waals surface area (Å²) >= 11 is 0. The minimum atomic E-state index is -1.02. The highest BCUT2D eigenvalue weighted by Crippen LogP contribution is 2.26. The standard InChI is InChI=1S/C17H20N2O2/c1-4-21-16(20)17(3,15-7-5-6-12-18-15)19-14-10-8-13(2)9-11-14/h5-12,19H,4H2,1-3H3. The van der Waals surface area contributed by atoms with Gasteiger partial charge in [0.1, 0.15) is 0 Å². The first-order chi connectivity index (χ1) is 10.1. The number of anilines is 1. The fourth-order valence-corrected chi connectivity index (χ4v) is 2.08. The molecule has 110 valence electrons. The van der Waals surface area contributed by atoms with E-state index in [2.05, 4.69) is 10.3 Å². The summed E-state index contributed by atoms with van der Waals surface area (Å²) in [6.45, 7) is 5.93. The molecule has 0 fully saturated rings. The minimum absolute atomic E-state index is 0.330. The maximum Gasteiger partial charge on any atom is 0.337 e. The number of nitrogens with zero attached hydrogens (tertiary/aromatic N) is 1. The van der Waals surface area contributed by atoms with Gasteiger partial charge in [-0.2, -0.15) is 0 Å². The summed E-state index contributed by atoms with van der Waals surface area (Å²) in [7, 11) is 0. The zero-order valence-electron chi connectivity index (χ0n) is 12.6. The number of benzene rings is 1. The molecule has 0 radical (unpaired) electrons. The average Bonchev–Trinajstić information content (AvgIpc) is 2.50. The summed E-state index contributed by atoms with van der Waals surface area (Å²) in [4.78, 5) is 16.7. The van der Waals surface area contributed by atoms with Gasteiger partial charge < -0.3 is 10.1 Å². The van der Waals surface area contributed by atoms with Crippen molar-refractivity contribution in [2.75, 3.05) is 11.9 Å². The first kappa shape index (κ1) is 15.0. The number of hydrogen-bond acceptors (Lipinski definition) is 4. The van der Waals surface area contributed by atoms with Crippen LogP contribution in [0, 0.1) is 6.92 Å². The second-order valence-electron chi connectivity index (χ2n) is 5.05. The molecule has 4 heteroatoms. The number of aryl methyl sites for hydroxylation is 1. The van der Waals surface area contributed by atoms with E-state index >= 15 is 0 Å². The molecular weight excluding hydrogens is 264 g/mol. The first-order valence-electron chi connectivity index (χ1n) is 7.00. The van der Waals surface area contributed by atoms with E-state index in [0.717, 1.165) is 11.3 Å². The van der Waals surface area contributed by atoms with E-state index in [1.54, 1.807) is 20.0 Å². The van der Waals surface area contributed by atoms with E-state index in [9.17, 15) is 4.79 Å². The number of hydrogen-bond donors (Lipinski definition) is 1. The van der Waals surface area contributed by atoms with Crippen molar-refractivity contribution in [3.63, 3.8) is 0 Å². The Morgan fingerprint density at radius 1 is 1.24 bits per heavy atom. The monoisotopic (exact) mass is 284 g/mol. The minimum Gasteiger partial charge on any atom is -0.464 e. The van der Waals surface area contributed by atoms with Gasteiger partial charge in [-0.05, 0) is 45.0 Å². The second kappa shape index (κ2) is 6.39. The molecule has 0 aliphatic heterocycles. The molecule has 1 heterocycles. The van der Waals surface area contributed by atoms with Crippen molar-refractivity contribution in [2.24, 2.45) is 0 Å². The quantitative estimate of drug-likeness (QED) is 0.856. The molecule has 1 aromatic heterocycles. The molecule has 1 atom stereocenters. The van der Waals surface area contributed by atoms with Gasteiger partial charge in [-0.1, -0.05) is 23.8 Å². The fourth-order valence-electron chi connectivity index (χ4n) is 2.08. The van der Waals surface area contributed by atoms with Crippen LogP contribution >= 0.6 is 0 Å². The second-order valence-corrected chi connectivity index (χ2v) is 5.05. The van der Waals surface area contributed by atoms with E-state index in [-0.39, 0.29) is 5.97 Å². The number of pyridine rings is 1. The Balaban J connectivity index is 2.36.